The van der Waals surface area contributed by atoms with E-state index in [0.29, 0.717) is 17.0 Å². The minimum absolute atomic E-state index is 0.143. The number of hydrogen-bond acceptors (Lipinski definition) is 6. The minimum Gasteiger partial charge on any atom is -0.497 e. The van der Waals surface area contributed by atoms with E-state index in [-0.39, 0.29) is 46.8 Å². The van der Waals surface area contributed by atoms with Crippen molar-refractivity contribution >= 4 is 29.3 Å². The average molecular weight is 431 g/mol. The van der Waals surface area contributed by atoms with Crippen LogP contribution in [0.25, 0.3) is 0 Å². The summed E-state index contributed by atoms with van der Waals surface area (Å²) in [4.78, 5) is 51.6. The number of anilines is 1. The Balaban J connectivity index is 1.23. The van der Waals surface area contributed by atoms with Crippen molar-refractivity contribution in [1.82, 2.24) is 0 Å². The highest BCUT2D eigenvalue weighted by Gasteiger charge is 2.59. The molecule has 1 saturated carbocycles. The first-order valence-electron chi connectivity index (χ1n) is 10.5. The number of fused-ring (bicyclic) bond motifs is 5. The molecule has 2 fully saturated rings. The second kappa shape index (κ2) is 7.75. The van der Waals surface area contributed by atoms with Gasteiger partial charge in [-0.25, -0.2) is 4.79 Å². The van der Waals surface area contributed by atoms with Gasteiger partial charge in [-0.1, -0.05) is 12.2 Å². The minimum atomic E-state index is -0.656. The van der Waals surface area contributed by atoms with Gasteiger partial charge in [0.25, 0.3) is 0 Å². The lowest BCUT2D eigenvalue weighted by Crippen LogP contribution is -2.32. The summed E-state index contributed by atoms with van der Waals surface area (Å²) >= 11 is 0. The van der Waals surface area contributed by atoms with E-state index in [9.17, 15) is 19.2 Å². The summed E-state index contributed by atoms with van der Waals surface area (Å²) in [6.07, 6.45) is 4.97. The molecule has 2 aromatic rings. The number of hydrogen-bond donors (Lipinski definition) is 0. The molecule has 7 nitrogen and oxygen atoms in total. The smallest absolute Gasteiger partial charge is 0.338 e. The summed E-state index contributed by atoms with van der Waals surface area (Å²) in [6.45, 7) is -0.394. The molecule has 0 aromatic heterocycles. The first-order chi connectivity index (χ1) is 15.5. The second-order valence-corrected chi connectivity index (χ2v) is 8.29. The number of rotatable bonds is 6. The van der Waals surface area contributed by atoms with Crippen molar-refractivity contribution < 1.29 is 28.7 Å². The van der Waals surface area contributed by atoms with Gasteiger partial charge in [0.1, 0.15) is 5.75 Å². The molecule has 5 rings (SSSR count). The summed E-state index contributed by atoms with van der Waals surface area (Å²) < 4.78 is 10.2. The molecule has 0 radical (unpaired) electrons. The topological polar surface area (TPSA) is 90.0 Å². The molecule has 1 heterocycles. The van der Waals surface area contributed by atoms with Crippen LogP contribution in [0.4, 0.5) is 5.69 Å². The molecular weight excluding hydrogens is 410 g/mol. The fourth-order valence-corrected chi connectivity index (χ4v) is 4.98. The van der Waals surface area contributed by atoms with Crippen LogP contribution in [-0.2, 0) is 14.3 Å². The molecule has 2 aliphatic carbocycles. The van der Waals surface area contributed by atoms with Crippen LogP contribution >= 0.6 is 0 Å². The number of methoxy groups -OCH3 is 1. The van der Waals surface area contributed by atoms with E-state index in [0.717, 1.165) is 6.42 Å². The molecule has 1 saturated heterocycles. The number of esters is 1. The van der Waals surface area contributed by atoms with Crippen LogP contribution in [0.5, 0.6) is 5.75 Å². The van der Waals surface area contributed by atoms with Gasteiger partial charge in [0, 0.05) is 5.56 Å². The van der Waals surface area contributed by atoms with E-state index in [1.165, 1.54) is 24.1 Å². The van der Waals surface area contributed by atoms with Crippen molar-refractivity contribution in [2.24, 2.45) is 23.7 Å². The van der Waals surface area contributed by atoms with Gasteiger partial charge >= 0.3 is 5.97 Å². The van der Waals surface area contributed by atoms with E-state index < -0.39 is 12.6 Å². The summed E-state index contributed by atoms with van der Waals surface area (Å²) in [7, 11) is 1.53. The monoisotopic (exact) mass is 431 g/mol. The Labute approximate surface area is 184 Å². The SMILES string of the molecule is COc1ccc(C(=O)COC(=O)c2ccc(N3C(=O)[C@@H]4[C@H](C3=O)[C@H]3C=C[C@H]4C3)cc2)cc1. The van der Waals surface area contributed by atoms with Crippen molar-refractivity contribution in [2.45, 2.75) is 6.42 Å². The van der Waals surface area contributed by atoms with Crippen LogP contribution < -0.4 is 9.64 Å². The highest BCUT2D eigenvalue weighted by Crippen LogP contribution is 2.53. The predicted molar refractivity (Wildman–Crippen MR) is 114 cm³/mol. The first-order valence-corrected chi connectivity index (χ1v) is 10.5. The molecule has 3 aliphatic rings. The molecule has 2 amide bonds. The summed E-state index contributed by atoms with van der Waals surface area (Å²) in [5.74, 6) is -0.960. The Hall–Kier alpha value is -3.74. The fraction of sp³-hybridized carbons (Fsp3) is 0.280. The van der Waals surface area contributed by atoms with Crippen LogP contribution in [-0.4, -0.2) is 37.3 Å². The lowest BCUT2D eigenvalue weighted by atomic mass is 9.85. The number of ether oxygens (including phenoxy) is 2. The zero-order valence-electron chi connectivity index (χ0n) is 17.4. The van der Waals surface area contributed by atoms with Crippen LogP contribution in [0.2, 0.25) is 0 Å². The Kier molecular flexibility index (Phi) is 4.89. The van der Waals surface area contributed by atoms with Crippen LogP contribution in [0.15, 0.2) is 60.7 Å². The third-order valence-electron chi connectivity index (χ3n) is 6.58. The third-order valence-corrected chi connectivity index (χ3v) is 6.58. The van der Waals surface area contributed by atoms with Gasteiger partial charge in [-0.15, -0.1) is 0 Å². The molecule has 0 spiro atoms. The summed E-state index contributed by atoms with van der Waals surface area (Å²) in [5.41, 5.74) is 1.09. The maximum Gasteiger partial charge on any atom is 0.338 e. The quantitative estimate of drug-likeness (QED) is 0.302. The summed E-state index contributed by atoms with van der Waals surface area (Å²) in [5, 5.41) is 0. The zero-order chi connectivity index (χ0) is 22.4. The Morgan fingerprint density at radius 3 is 2.00 bits per heavy atom. The zero-order valence-corrected chi connectivity index (χ0v) is 17.4. The second-order valence-electron chi connectivity index (χ2n) is 8.29. The van der Waals surface area contributed by atoms with Gasteiger partial charge in [-0.05, 0) is 66.8 Å². The number of imide groups is 1. The predicted octanol–water partition coefficient (Wildman–Crippen LogP) is 3.05. The van der Waals surface area contributed by atoms with E-state index in [1.807, 2.05) is 12.2 Å². The lowest BCUT2D eigenvalue weighted by Gasteiger charge is -2.17. The van der Waals surface area contributed by atoms with E-state index in [4.69, 9.17) is 9.47 Å². The van der Waals surface area contributed by atoms with Gasteiger partial charge < -0.3 is 9.47 Å². The number of amides is 2. The number of carbonyl (C=O) groups is 4. The molecule has 32 heavy (non-hydrogen) atoms. The van der Waals surface area contributed by atoms with E-state index in [1.54, 1.807) is 36.4 Å². The maximum atomic E-state index is 12.9. The van der Waals surface area contributed by atoms with Gasteiger partial charge in [0.15, 0.2) is 12.4 Å². The van der Waals surface area contributed by atoms with Crippen molar-refractivity contribution in [3.8, 4) is 5.75 Å². The number of benzene rings is 2. The molecule has 2 bridgehead atoms. The molecule has 7 heteroatoms. The third kappa shape index (κ3) is 3.21. The highest BCUT2D eigenvalue weighted by atomic mass is 16.5. The first kappa shape index (κ1) is 20.2. The van der Waals surface area contributed by atoms with Crippen molar-refractivity contribution in [3.63, 3.8) is 0 Å². The van der Waals surface area contributed by atoms with Gasteiger partial charge in [0.2, 0.25) is 11.8 Å². The van der Waals surface area contributed by atoms with E-state index in [2.05, 4.69) is 0 Å². The standard InChI is InChI=1S/C25H21NO6/c1-31-19-10-6-14(7-11-19)20(27)13-32-25(30)15-4-8-18(9-5-15)26-23(28)21-16-2-3-17(12-16)22(21)24(26)29/h2-11,16-17,21-22H,12-13H2,1H3/t16-,17-,21-,22+/m0/s1. The number of ketones is 1. The van der Waals surface area contributed by atoms with Gasteiger partial charge in [0.05, 0.1) is 30.2 Å². The van der Waals surface area contributed by atoms with E-state index >= 15 is 0 Å². The largest absolute Gasteiger partial charge is 0.497 e. The van der Waals surface area contributed by atoms with Gasteiger partial charge in [-0.2, -0.15) is 0 Å². The summed E-state index contributed by atoms with van der Waals surface area (Å²) in [6, 6.07) is 12.6. The van der Waals surface area contributed by atoms with Crippen LogP contribution in [0.3, 0.4) is 0 Å². The molecule has 4 atom stereocenters. The normalized spacial score (nSPS) is 25.2. The molecule has 0 unspecified atom stereocenters. The van der Waals surface area contributed by atoms with Crippen LogP contribution in [0.1, 0.15) is 27.1 Å². The molecule has 1 aliphatic heterocycles. The molecule has 2 aromatic carbocycles. The average Bonchev–Trinajstić information content (AvgIpc) is 3.51. The highest BCUT2D eigenvalue weighted by molar-refractivity contribution is 6.22. The van der Waals surface area contributed by atoms with Crippen molar-refractivity contribution in [1.29, 1.82) is 0 Å². The fourth-order valence-electron chi connectivity index (χ4n) is 4.98. The Bertz CT molecular complexity index is 1100. The lowest BCUT2D eigenvalue weighted by molar-refractivity contribution is -0.123. The number of nitrogens with zero attached hydrogens (tertiary/aromatic N) is 1. The van der Waals surface area contributed by atoms with Crippen molar-refractivity contribution in [3.05, 3.63) is 71.8 Å². The van der Waals surface area contributed by atoms with Crippen LogP contribution in [0, 0.1) is 23.7 Å². The maximum absolute atomic E-state index is 12.9. The molecule has 0 N–H and O–H groups in total. The Morgan fingerprint density at radius 1 is 0.875 bits per heavy atom. The van der Waals surface area contributed by atoms with Crippen molar-refractivity contribution in [2.75, 3.05) is 18.6 Å². The van der Waals surface area contributed by atoms with Gasteiger partial charge in [-0.3, -0.25) is 19.3 Å². The number of carbonyl (C=O) groups excluding carboxylic acids is 4. The number of Topliss-reactive ketones (excluding diaryl/α,β-unsaturated/α-hetero) is 1. The molecule has 162 valence electrons. The Morgan fingerprint density at radius 2 is 1.44 bits per heavy atom. The molecular formula is C25H21NO6. The number of allylic oxidation sites excluding steroid dienone is 2.